The van der Waals surface area contributed by atoms with Crippen LogP contribution in [0.1, 0.15) is 10.4 Å². The zero-order chi connectivity index (χ0) is 19.4. The fourth-order valence-electron chi connectivity index (χ4n) is 2.52. The molecule has 0 spiro atoms. The van der Waals surface area contributed by atoms with Crippen LogP contribution in [0.4, 0.5) is 8.78 Å². The molecule has 1 amide bonds. The second-order valence-corrected chi connectivity index (χ2v) is 6.19. The number of aryl methyl sites for hydroxylation is 1. The zero-order valence-electron chi connectivity index (χ0n) is 14.4. The van der Waals surface area contributed by atoms with Crippen LogP contribution in [-0.2, 0) is 7.05 Å². The van der Waals surface area contributed by atoms with Gasteiger partial charge < -0.3 is 10.1 Å². The molecule has 1 heterocycles. The van der Waals surface area contributed by atoms with Gasteiger partial charge in [0, 0.05) is 29.9 Å². The molecule has 140 valence electrons. The molecule has 0 unspecified atom stereocenters. The quantitative estimate of drug-likeness (QED) is 0.650. The van der Waals surface area contributed by atoms with Gasteiger partial charge in [-0.1, -0.05) is 17.7 Å². The van der Waals surface area contributed by atoms with E-state index < -0.39 is 17.5 Å². The number of halogens is 3. The highest BCUT2D eigenvalue weighted by Crippen LogP contribution is 2.25. The molecular formula is C19H16ClF2N3O2. The smallest absolute Gasteiger partial charge is 0.255 e. The van der Waals surface area contributed by atoms with E-state index in [9.17, 15) is 13.6 Å². The minimum atomic E-state index is -0.785. The van der Waals surface area contributed by atoms with Gasteiger partial charge in [0.05, 0.1) is 12.1 Å². The van der Waals surface area contributed by atoms with Crippen molar-refractivity contribution in [2.24, 2.45) is 7.05 Å². The fourth-order valence-corrected chi connectivity index (χ4v) is 2.70. The number of amides is 1. The molecule has 1 N–H and O–H groups in total. The summed E-state index contributed by atoms with van der Waals surface area (Å²) in [6.45, 7) is 0.457. The van der Waals surface area contributed by atoms with E-state index in [1.807, 2.05) is 0 Å². The largest absolute Gasteiger partial charge is 0.492 e. The van der Waals surface area contributed by atoms with Crippen molar-refractivity contribution in [3.05, 3.63) is 70.9 Å². The number of rotatable bonds is 6. The van der Waals surface area contributed by atoms with Gasteiger partial charge in [-0.3, -0.25) is 9.48 Å². The summed E-state index contributed by atoms with van der Waals surface area (Å²) in [5.74, 6) is -1.33. The lowest BCUT2D eigenvalue weighted by Gasteiger charge is -2.08. The van der Waals surface area contributed by atoms with Crippen LogP contribution in [-0.4, -0.2) is 28.8 Å². The maximum absolute atomic E-state index is 14.1. The number of aromatic nitrogens is 2. The minimum absolute atomic E-state index is 0.0531. The fraction of sp³-hybridized carbons (Fsp3) is 0.158. The normalized spacial score (nSPS) is 10.7. The van der Waals surface area contributed by atoms with Crippen molar-refractivity contribution in [3.8, 4) is 17.0 Å². The first kappa shape index (κ1) is 18.8. The van der Waals surface area contributed by atoms with E-state index in [4.69, 9.17) is 16.3 Å². The Hall–Kier alpha value is -2.93. The molecule has 0 aliphatic rings. The van der Waals surface area contributed by atoms with Crippen molar-refractivity contribution in [1.29, 1.82) is 0 Å². The summed E-state index contributed by atoms with van der Waals surface area (Å²) in [6, 6.07) is 10.0. The van der Waals surface area contributed by atoms with Crippen molar-refractivity contribution in [3.63, 3.8) is 0 Å². The summed E-state index contributed by atoms with van der Waals surface area (Å²) in [5, 5.41) is 7.37. The van der Waals surface area contributed by atoms with Crippen LogP contribution >= 0.6 is 11.6 Å². The number of ether oxygens (including phenoxy) is 1. The Morgan fingerprint density at radius 1 is 1.26 bits per heavy atom. The average Bonchev–Trinajstić information content (AvgIpc) is 3.00. The Bertz CT molecular complexity index is 975. The van der Waals surface area contributed by atoms with Gasteiger partial charge in [-0.05, 0) is 30.3 Å². The van der Waals surface area contributed by atoms with Crippen LogP contribution in [0.2, 0.25) is 5.02 Å². The second kappa shape index (κ2) is 8.18. The SMILES string of the molecule is Cn1cc(C(=O)NCCOc2cccc(Cl)c2)c(-c2ccc(F)cc2F)n1. The van der Waals surface area contributed by atoms with E-state index in [1.165, 1.54) is 16.9 Å². The third kappa shape index (κ3) is 4.62. The second-order valence-electron chi connectivity index (χ2n) is 5.75. The monoisotopic (exact) mass is 391 g/mol. The highest BCUT2D eigenvalue weighted by Gasteiger charge is 2.19. The van der Waals surface area contributed by atoms with Gasteiger partial charge in [-0.25, -0.2) is 8.78 Å². The predicted octanol–water partition coefficient (Wildman–Crippen LogP) is 3.83. The first-order chi connectivity index (χ1) is 12.9. The van der Waals surface area contributed by atoms with Gasteiger partial charge in [-0.15, -0.1) is 0 Å². The van der Waals surface area contributed by atoms with E-state index >= 15 is 0 Å². The molecule has 0 bridgehead atoms. The van der Waals surface area contributed by atoms with Crippen LogP contribution in [0, 0.1) is 11.6 Å². The highest BCUT2D eigenvalue weighted by atomic mass is 35.5. The molecule has 0 radical (unpaired) electrons. The molecule has 0 atom stereocenters. The molecule has 8 heteroatoms. The molecular weight excluding hydrogens is 376 g/mol. The summed E-state index contributed by atoms with van der Waals surface area (Å²) in [5.41, 5.74) is 0.381. The molecule has 0 fully saturated rings. The molecule has 0 aliphatic heterocycles. The number of nitrogens with one attached hydrogen (secondary N) is 1. The standard InChI is InChI=1S/C19H16ClF2N3O2/c1-25-11-16(18(24-25)15-6-5-13(21)10-17(15)22)19(26)23-7-8-27-14-4-2-3-12(20)9-14/h2-6,9-11H,7-8H2,1H3,(H,23,26). The maximum atomic E-state index is 14.1. The first-order valence-corrected chi connectivity index (χ1v) is 8.47. The number of hydrogen-bond acceptors (Lipinski definition) is 3. The summed E-state index contributed by atoms with van der Waals surface area (Å²) in [7, 11) is 1.62. The Morgan fingerprint density at radius 3 is 2.81 bits per heavy atom. The molecule has 2 aromatic carbocycles. The first-order valence-electron chi connectivity index (χ1n) is 8.09. The van der Waals surface area contributed by atoms with Gasteiger partial charge >= 0.3 is 0 Å². The van der Waals surface area contributed by atoms with E-state index in [-0.39, 0.29) is 30.0 Å². The Morgan fingerprint density at radius 2 is 2.07 bits per heavy atom. The molecule has 0 saturated carbocycles. The van der Waals surface area contributed by atoms with Crippen molar-refractivity contribution in [2.75, 3.05) is 13.2 Å². The van der Waals surface area contributed by atoms with Crippen molar-refractivity contribution < 1.29 is 18.3 Å². The molecule has 3 rings (SSSR count). The summed E-state index contributed by atoms with van der Waals surface area (Å²) >= 11 is 5.88. The number of benzene rings is 2. The summed E-state index contributed by atoms with van der Waals surface area (Å²) in [6.07, 6.45) is 1.48. The zero-order valence-corrected chi connectivity index (χ0v) is 15.1. The third-order valence-corrected chi connectivity index (χ3v) is 3.95. The lowest BCUT2D eigenvalue weighted by Crippen LogP contribution is -2.28. The van der Waals surface area contributed by atoms with Crippen LogP contribution in [0.15, 0.2) is 48.7 Å². The van der Waals surface area contributed by atoms with Gasteiger partial charge in [-0.2, -0.15) is 5.10 Å². The number of hydrogen-bond donors (Lipinski definition) is 1. The number of carbonyl (C=O) groups is 1. The average molecular weight is 392 g/mol. The predicted molar refractivity (Wildman–Crippen MR) is 97.8 cm³/mol. The Labute approximate surface area is 159 Å². The molecule has 3 aromatic rings. The van der Waals surface area contributed by atoms with Gasteiger partial charge in [0.25, 0.3) is 5.91 Å². The van der Waals surface area contributed by atoms with E-state index in [2.05, 4.69) is 10.4 Å². The van der Waals surface area contributed by atoms with Crippen LogP contribution in [0.5, 0.6) is 5.75 Å². The van der Waals surface area contributed by atoms with Gasteiger partial charge in [0.15, 0.2) is 0 Å². The number of nitrogens with zero attached hydrogens (tertiary/aromatic N) is 2. The lowest BCUT2D eigenvalue weighted by molar-refractivity contribution is 0.0947. The van der Waals surface area contributed by atoms with Gasteiger partial charge in [0.2, 0.25) is 0 Å². The lowest BCUT2D eigenvalue weighted by atomic mass is 10.1. The third-order valence-electron chi connectivity index (χ3n) is 3.71. The Kier molecular flexibility index (Phi) is 5.71. The summed E-state index contributed by atoms with van der Waals surface area (Å²) in [4.78, 5) is 12.5. The van der Waals surface area contributed by atoms with Crippen molar-refractivity contribution in [2.45, 2.75) is 0 Å². The van der Waals surface area contributed by atoms with Crippen LogP contribution in [0.25, 0.3) is 11.3 Å². The van der Waals surface area contributed by atoms with Crippen molar-refractivity contribution in [1.82, 2.24) is 15.1 Å². The van der Waals surface area contributed by atoms with Crippen molar-refractivity contribution >= 4 is 17.5 Å². The topological polar surface area (TPSA) is 56.2 Å². The Balaban J connectivity index is 1.66. The highest BCUT2D eigenvalue weighted by molar-refractivity contribution is 6.30. The number of carbonyl (C=O) groups excluding carboxylic acids is 1. The van der Waals surface area contributed by atoms with E-state index in [0.717, 1.165) is 12.1 Å². The molecule has 0 aliphatic carbocycles. The van der Waals surface area contributed by atoms with E-state index in [0.29, 0.717) is 10.8 Å². The van der Waals surface area contributed by atoms with Gasteiger partial charge in [0.1, 0.15) is 29.7 Å². The van der Waals surface area contributed by atoms with E-state index in [1.54, 1.807) is 31.3 Å². The minimum Gasteiger partial charge on any atom is -0.492 e. The molecule has 5 nitrogen and oxygen atoms in total. The maximum Gasteiger partial charge on any atom is 0.255 e. The summed E-state index contributed by atoms with van der Waals surface area (Å²) < 4.78 is 34.1. The molecule has 27 heavy (non-hydrogen) atoms. The van der Waals surface area contributed by atoms with Crippen LogP contribution in [0.3, 0.4) is 0 Å². The molecule has 0 saturated heterocycles. The van der Waals surface area contributed by atoms with Crippen LogP contribution < -0.4 is 10.1 Å². The molecule has 1 aromatic heterocycles.